The maximum atomic E-state index is 5.88. The molecule has 1 aliphatic rings. The van der Waals surface area contributed by atoms with Crippen molar-refractivity contribution in [2.45, 2.75) is 32.8 Å². The third-order valence-electron chi connectivity index (χ3n) is 5.82. The lowest BCUT2D eigenvalue weighted by molar-refractivity contribution is -0.0488. The molecule has 0 aromatic carbocycles. The van der Waals surface area contributed by atoms with E-state index in [1.807, 2.05) is 24.3 Å². The van der Waals surface area contributed by atoms with E-state index in [9.17, 15) is 0 Å². The van der Waals surface area contributed by atoms with Crippen molar-refractivity contribution in [1.82, 2.24) is 25.1 Å². The number of anilines is 2. The molecule has 3 aromatic rings. The smallest absolute Gasteiger partial charge is 0.154 e. The summed E-state index contributed by atoms with van der Waals surface area (Å²) in [5, 5.41) is 11.5. The molecular formula is C25H32N8O. The topological polar surface area (TPSA) is 114 Å². The number of fused-ring (bicyclic) bond motifs is 1. The minimum Gasteiger partial charge on any atom is -0.404 e. The van der Waals surface area contributed by atoms with Gasteiger partial charge in [-0.15, -0.1) is 5.10 Å². The van der Waals surface area contributed by atoms with Crippen LogP contribution in [0.5, 0.6) is 0 Å². The van der Waals surface area contributed by atoms with Crippen LogP contribution in [0.4, 0.5) is 11.6 Å². The van der Waals surface area contributed by atoms with Gasteiger partial charge in [-0.1, -0.05) is 20.8 Å². The maximum absolute atomic E-state index is 5.88. The van der Waals surface area contributed by atoms with Crippen molar-refractivity contribution in [3.63, 3.8) is 0 Å². The Hall–Kier alpha value is -3.43. The van der Waals surface area contributed by atoms with Gasteiger partial charge in [-0.3, -0.25) is 14.9 Å². The van der Waals surface area contributed by atoms with Crippen LogP contribution in [-0.2, 0) is 4.74 Å². The number of rotatable bonds is 10. The fraction of sp³-hybridized carbons (Fsp3) is 0.400. The molecule has 4 heterocycles. The van der Waals surface area contributed by atoms with E-state index < -0.39 is 0 Å². The van der Waals surface area contributed by atoms with Crippen molar-refractivity contribution < 1.29 is 4.74 Å². The maximum Gasteiger partial charge on any atom is 0.154 e. The molecule has 0 spiro atoms. The molecule has 1 fully saturated rings. The summed E-state index contributed by atoms with van der Waals surface area (Å²) < 4.78 is 5.83. The Morgan fingerprint density at radius 3 is 2.85 bits per heavy atom. The average Bonchev–Trinajstić information content (AvgIpc) is 2.82. The van der Waals surface area contributed by atoms with E-state index in [0.29, 0.717) is 36.8 Å². The van der Waals surface area contributed by atoms with Gasteiger partial charge < -0.3 is 15.8 Å². The number of aliphatic imine (C=N–C) groups is 1. The molecule has 3 aromatic heterocycles. The quantitative estimate of drug-likeness (QED) is 0.350. The predicted octanol–water partition coefficient (Wildman–Crippen LogP) is 3.38. The third kappa shape index (κ3) is 5.92. The summed E-state index contributed by atoms with van der Waals surface area (Å²) >= 11 is 0. The molecule has 0 bridgehead atoms. The third-order valence-corrected chi connectivity index (χ3v) is 5.82. The van der Waals surface area contributed by atoms with Crippen LogP contribution in [0.15, 0.2) is 47.9 Å². The molecule has 1 saturated heterocycles. The molecule has 178 valence electrons. The molecule has 9 heteroatoms. The number of hydrogen-bond acceptors (Lipinski definition) is 9. The fourth-order valence-electron chi connectivity index (χ4n) is 3.66. The SMILES string of the molecule is CCN1CC(OCCN=CC(=CN)c2cnc3ccc(Nc4cc(C(C)C)cnn4)nc3c2)C1. The molecule has 9 nitrogen and oxygen atoms in total. The Balaban J connectivity index is 1.40. The number of hydrogen-bond donors (Lipinski definition) is 2. The van der Waals surface area contributed by atoms with Crippen LogP contribution in [0, 0.1) is 0 Å². The van der Waals surface area contributed by atoms with Crippen molar-refractivity contribution >= 4 is 34.5 Å². The molecule has 4 rings (SSSR count). The Bertz CT molecular complexity index is 1170. The molecule has 0 aliphatic carbocycles. The van der Waals surface area contributed by atoms with Crippen LogP contribution >= 0.6 is 0 Å². The average molecular weight is 461 g/mol. The Morgan fingerprint density at radius 2 is 2.09 bits per heavy atom. The van der Waals surface area contributed by atoms with E-state index in [1.165, 1.54) is 6.20 Å². The molecule has 3 N–H and O–H groups in total. The molecule has 0 unspecified atom stereocenters. The number of aromatic nitrogens is 4. The normalized spacial score (nSPS) is 15.4. The van der Waals surface area contributed by atoms with Gasteiger partial charge >= 0.3 is 0 Å². The highest BCUT2D eigenvalue weighted by Gasteiger charge is 2.25. The number of likely N-dealkylation sites (tertiary alicyclic amines) is 1. The number of nitrogens with one attached hydrogen (secondary N) is 1. The van der Waals surface area contributed by atoms with Crippen molar-refractivity contribution in [3.05, 3.63) is 54.0 Å². The Labute approximate surface area is 200 Å². The number of nitrogens with two attached hydrogens (primary N) is 1. The zero-order valence-corrected chi connectivity index (χ0v) is 20.0. The van der Waals surface area contributed by atoms with E-state index >= 15 is 0 Å². The number of ether oxygens (including phenoxy) is 1. The summed E-state index contributed by atoms with van der Waals surface area (Å²) in [4.78, 5) is 16.1. The molecule has 34 heavy (non-hydrogen) atoms. The first-order chi connectivity index (χ1) is 16.6. The number of allylic oxidation sites excluding steroid dienone is 1. The van der Waals surface area contributed by atoms with Crippen molar-refractivity contribution in [1.29, 1.82) is 0 Å². The van der Waals surface area contributed by atoms with Gasteiger partial charge in [0, 0.05) is 42.8 Å². The minimum atomic E-state index is 0.331. The fourth-order valence-corrected chi connectivity index (χ4v) is 3.66. The van der Waals surface area contributed by atoms with E-state index in [-0.39, 0.29) is 0 Å². The highest BCUT2D eigenvalue weighted by atomic mass is 16.5. The summed E-state index contributed by atoms with van der Waals surface area (Å²) in [6, 6.07) is 7.74. The summed E-state index contributed by atoms with van der Waals surface area (Å²) in [6.45, 7) is 10.7. The van der Waals surface area contributed by atoms with Crippen LogP contribution in [0.3, 0.4) is 0 Å². The van der Waals surface area contributed by atoms with E-state index in [1.54, 1.807) is 18.6 Å². The van der Waals surface area contributed by atoms with Crippen LogP contribution < -0.4 is 11.1 Å². The lowest BCUT2D eigenvalue weighted by atomic mass is 10.1. The van der Waals surface area contributed by atoms with Gasteiger partial charge in [0.25, 0.3) is 0 Å². The van der Waals surface area contributed by atoms with E-state index in [4.69, 9.17) is 15.5 Å². The largest absolute Gasteiger partial charge is 0.404 e. The van der Waals surface area contributed by atoms with E-state index in [0.717, 1.165) is 47.4 Å². The van der Waals surface area contributed by atoms with Gasteiger partial charge in [0.1, 0.15) is 5.82 Å². The molecular weight excluding hydrogens is 428 g/mol. The van der Waals surface area contributed by atoms with Gasteiger partial charge in [-0.2, -0.15) is 5.10 Å². The zero-order valence-electron chi connectivity index (χ0n) is 20.0. The first-order valence-electron chi connectivity index (χ1n) is 11.7. The van der Waals surface area contributed by atoms with E-state index in [2.05, 4.69) is 51.2 Å². The van der Waals surface area contributed by atoms with Crippen LogP contribution in [0.2, 0.25) is 0 Å². The highest BCUT2D eigenvalue weighted by Crippen LogP contribution is 2.21. The summed E-state index contributed by atoms with van der Waals surface area (Å²) in [5.74, 6) is 1.69. The molecule has 0 atom stereocenters. The first-order valence-corrected chi connectivity index (χ1v) is 11.7. The highest BCUT2D eigenvalue weighted by molar-refractivity contribution is 6.10. The summed E-state index contributed by atoms with van der Waals surface area (Å²) in [7, 11) is 0. The molecule has 0 saturated carbocycles. The first kappa shape index (κ1) is 23.7. The molecule has 0 radical (unpaired) electrons. The van der Waals surface area contributed by atoms with Gasteiger partial charge in [0.05, 0.1) is 36.5 Å². The van der Waals surface area contributed by atoms with Crippen molar-refractivity contribution in [2.24, 2.45) is 10.7 Å². The monoisotopic (exact) mass is 460 g/mol. The lowest BCUT2D eigenvalue weighted by Gasteiger charge is -2.37. The standard InChI is InChI=1S/C25H32N8O/c1-4-33-15-21(16-33)34-8-7-27-12-20(11-26)19-9-23-22(28-13-19)5-6-24(30-23)31-25-10-18(17(2)3)14-29-32-25/h5-6,9-14,17,21H,4,7-8,15-16,26H2,1-3H3,(H,30,31,32). The number of nitrogens with zero attached hydrogens (tertiary/aromatic N) is 6. The summed E-state index contributed by atoms with van der Waals surface area (Å²) in [5.41, 5.74) is 10.2. The summed E-state index contributed by atoms with van der Waals surface area (Å²) in [6.07, 6.45) is 7.19. The minimum absolute atomic E-state index is 0.331. The van der Waals surface area contributed by atoms with Crippen LogP contribution in [0.25, 0.3) is 16.6 Å². The number of pyridine rings is 2. The second-order valence-corrected chi connectivity index (χ2v) is 8.61. The second-order valence-electron chi connectivity index (χ2n) is 8.61. The molecule has 1 aliphatic heterocycles. The Morgan fingerprint density at radius 1 is 1.24 bits per heavy atom. The van der Waals surface area contributed by atoms with Gasteiger partial charge in [-0.05, 0) is 42.3 Å². The zero-order chi connectivity index (χ0) is 23.9. The van der Waals surface area contributed by atoms with Gasteiger partial charge in [-0.25, -0.2) is 4.98 Å². The number of likely N-dealkylation sites (N-methyl/N-ethyl adjacent to an activating group) is 1. The van der Waals surface area contributed by atoms with Crippen molar-refractivity contribution in [3.8, 4) is 0 Å². The van der Waals surface area contributed by atoms with Crippen LogP contribution in [-0.4, -0.2) is 70.2 Å². The Kier molecular flexibility index (Phi) is 7.76. The van der Waals surface area contributed by atoms with Gasteiger partial charge in [0.2, 0.25) is 0 Å². The predicted molar refractivity (Wildman–Crippen MR) is 136 cm³/mol. The van der Waals surface area contributed by atoms with Crippen LogP contribution in [0.1, 0.15) is 37.8 Å². The van der Waals surface area contributed by atoms with Gasteiger partial charge in [0.15, 0.2) is 5.82 Å². The second kappa shape index (κ2) is 11.1. The lowest BCUT2D eigenvalue weighted by Crippen LogP contribution is -2.51. The molecule has 0 amide bonds. The van der Waals surface area contributed by atoms with Crippen molar-refractivity contribution in [2.75, 3.05) is 38.1 Å².